The Bertz CT molecular complexity index is 339. The van der Waals surface area contributed by atoms with E-state index < -0.39 is 0 Å². The Hall–Kier alpha value is -0.120. The molecule has 14 heavy (non-hydrogen) atoms. The Morgan fingerprint density at radius 3 is 3.00 bits per heavy atom. The summed E-state index contributed by atoms with van der Waals surface area (Å²) in [7, 11) is 0. The molecule has 0 bridgehead atoms. The van der Waals surface area contributed by atoms with Gasteiger partial charge in [-0.1, -0.05) is 5.57 Å². The Kier molecular flexibility index (Phi) is 3.42. The van der Waals surface area contributed by atoms with Crippen LogP contribution in [0.2, 0.25) is 0 Å². The molecular weight excluding hydrogens is 258 g/mol. The Labute approximate surface area is 97.3 Å². The molecule has 0 aliphatic heterocycles. The summed E-state index contributed by atoms with van der Waals surface area (Å²) in [5.74, 6) is 0. The summed E-state index contributed by atoms with van der Waals surface area (Å²) < 4.78 is 1.20. The molecule has 0 radical (unpaired) electrons. The molecule has 1 heterocycles. The minimum atomic E-state index is 0.799. The third-order valence-corrected chi connectivity index (χ3v) is 3.80. The van der Waals surface area contributed by atoms with E-state index in [1.807, 2.05) is 0 Å². The van der Waals surface area contributed by atoms with Crippen LogP contribution in [0.3, 0.4) is 0 Å². The van der Waals surface area contributed by atoms with Crippen molar-refractivity contribution in [3.05, 3.63) is 26.4 Å². The zero-order valence-corrected chi connectivity index (χ0v) is 10.6. The van der Waals surface area contributed by atoms with Crippen LogP contribution in [0.15, 0.2) is 21.5 Å². The lowest BCUT2D eigenvalue weighted by atomic mass is 10.2. The maximum atomic E-state index is 3.51. The third-order valence-electron chi connectivity index (χ3n) is 2.23. The number of hydrogen-bond acceptors (Lipinski definition) is 2. The summed E-state index contributed by atoms with van der Waals surface area (Å²) in [5.41, 5.74) is 1.41. The monoisotopic (exact) mass is 271 g/mol. The van der Waals surface area contributed by atoms with Crippen LogP contribution in [0, 0.1) is 0 Å². The minimum absolute atomic E-state index is 0.799. The maximum absolute atomic E-state index is 3.51. The van der Waals surface area contributed by atoms with E-state index in [2.05, 4.69) is 46.4 Å². The molecule has 0 atom stereocenters. The second kappa shape index (κ2) is 4.60. The van der Waals surface area contributed by atoms with E-state index in [1.54, 1.807) is 11.3 Å². The van der Waals surface area contributed by atoms with Gasteiger partial charge in [-0.3, -0.25) is 0 Å². The fraction of sp³-hybridized carbons (Fsp3) is 0.455. The predicted octanol–water partition coefficient (Wildman–Crippen LogP) is 3.67. The van der Waals surface area contributed by atoms with Crippen LogP contribution in [-0.4, -0.2) is 12.6 Å². The fourth-order valence-corrected chi connectivity index (χ4v) is 2.74. The number of thiophene rings is 1. The van der Waals surface area contributed by atoms with Gasteiger partial charge in [0.2, 0.25) is 0 Å². The molecule has 1 nitrogen and oxygen atoms in total. The number of nitrogens with one attached hydrogen (secondary N) is 1. The summed E-state index contributed by atoms with van der Waals surface area (Å²) in [6.45, 7) is 3.21. The van der Waals surface area contributed by atoms with E-state index in [-0.39, 0.29) is 0 Å². The van der Waals surface area contributed by atoms with E-state index in [9.17, 15) is 0 Å². The molecule has 1 aromatic heterocycles. The maximum Gasteiger partial charge on any atom is 0.0704 e. The Morgan fingerprint density at radius 1 is 1.64 bits per heavy atom. The largest absolute Gasteiger partial charge is 0.310 e. The summed E-state index contributed by atoms with van der Waals surface area (Å²) >= 11 is 5.25. The van der Waals surface area contributed by atoms with Crippen molar-refractivity contribution in [1.29, 1.82) is 0 Å². The van der Waals surface area contributed by atoms with Gasteiger partial charge >= 0.3 is 0 Å². The highest BCUT2D eigenvalue weighted by Gasteiger charge is 2.19. The first-order valence-electron chi connectivity index (χ1n) is 4.90. The molecule has 1 aliphatic rings. The van der Waals surface area contributed by atoms with Gasteiger partial charge in [0.15, 0.2) is 0 Å². The summed E-state index contributed by atoms with van der Waals surface area (Å²) in [4.78, 5) is 1.33. The second-order valence-electron chi connectivity index (χ2n) is 3.79. The average molecular weight is 272 g/mol. The minimum Gasteiger partial charge on any atom is -0.310 e. The van der Waals surface area contributed by atoms with Crippen LogP contribution in [-0.2, 0) is 0 Å². The normalized spacial score (nSPS) is 17.4. The lowest BCUT2D eigenvalue weighted by molar-refractivity contribution is 0.736. The predicted molar refractivity (Wildman–Crippen MR) is 66.7 cm³/mol. The molecule has 1 fully saturated rings. The van der Waals surface area contributed by atoms with E-state index in [0.717, 1.165) is 12.6 Å². The molecule has 0 spiro atoms. The van der Waals surface area contributed by atoms with Crippen molar-refractivity contribution in [2.24, 2.45) is 0 Å². The van der Waals surface area contributed by atoms with Gasteiger partial charge in [-0.2, -0.15) is 0 Å². The van der Waals surface area contributed by atoms with Crippen molar-refractivity contribution >= 4 is 33.3 Å². The molecule has 0 saturated heterocycles. The van der Waals surface area contributed by atoms with Crippen molar-refractivity contribution in [1.82, 2.24) is 5.32 Å². The van der Waals surface area contributed by atoms with Crippen molar-refractivity contribution < 1.29 is 0 Å². The van der Waals surface area contributed by atoms with Crippen molar-refractivity contribution in [2.75, 3.05) is 6.54 Å². The molecule has 1 N–H and O–H groups in total. The highest BCUT2D eigenvalue weighted by molar-refractivity contribution is 9.11. The third kappa shape index (κ3) is 3.23. The first-order chi connectivity index (χ1) is 6.74. The van der Waals surface area contributed by atoms with E-state index >= 15 is 0 Å². The molecule has 1 aromatic rings. The average Bonchev–Trinajstić information content (AvgIpc) is 2.88. The molecule has 2 rings (SSSR count). The van der Waals surface area contributed by atoms with Crippen molar-refractivity contribution in [3.63, 3.8) is 0 Å². The van der Waals surface area contributed by atoms with Crippen LogP contribution < -0.4 is 5.32 Å². The summed E-state index contributed by atoms with van der Waals surface area (Å²) in [6.07, 6.45) is 4.97. The zero-order valence-electron chi connectivity index (χ0n) is 8.22. The standard InChI is InChI=1S/C11H14BrNS/c1-8(7-13-9-2-3-9)6-10-4-5-11(12)14-10/h4-6,9,13H,2-3,7H2,1H3. The highest BCUT2D eigenvalue weighted by Crippen LogP contribution is 2.24. The van der Waals surface area contributed by atoms with E-state index in [4.69, 9.17) is 0 Å². The van der Waals surface area contributed by atoms with Gasteiger partial charge in [0.25, 0.3) is 0 Å². The molecule has 1 saturated carbocycles. The van der Waals surface area contributed by atoms with Crippen LogP contribution in [0.4, 0.5) is 0 Å². The topological polar surface area (TPSA) is 12.0 Å². The lowest BCUT2D eigenvalue weighted by Gasteiger charge is -2.01. The number of rotatable bonds is 4. The smallest absolute Gasteiger partial charge is 0.0704 e. The van der Waals surface area contributed by atoms with E-state index in [0.29, 0.717) is 0 Å². The van der Waals surface area contributed by atoms with Crippen LogP contribution >= 0.6 is 27.3 Å². The first kappa shape index (κ1) is 10.4. The highest BCUT2D eigenvalue weighted by atomic mass is 79.9. The fourth-order valence-electron chi connectivity index (χ4n) is 1.29. The van der Waals surface area contributed by atoms with Gasteiger partial charge in [-0.15, -0.1) is 11.3 Å². The van der Waals surface area contributed by atoms with Gasteiger partial charge in [-0.05, 0) is 53.9 Å². The van der Waals surface area contributed by atoms with Crippen molar-refractivity contribution in [2.45, 2.75) is 25.8 Å². The summed E-state index contributed by atoms with van der Waals surface area (Å²) in [5, 5.41) is 3.51. The van der Waals surface area contributed by atoms with Gasteiger partial charge in [-0.25, -0.2) is 0 Å². The molecular formula is C11H14BrNS. The number of halogens is 1. The molecule has 0 amide bonds. The Morgan fingerprint density at radius 2 is 2.43 bits per heavy atom. The molecule has 1 aliphatic carbocycles. The van der Waals surface area contributed by atoms with Gasteiger partial charge < -0.3 is 5.32 Å². The van der Waals surface area contributed by atoms with Crippen molar-refractivity contribution in [3.8, 4) is 0 Å². The molecule has 0 unspecified atom stereocenters. The van der Waals surface area contributed by atoms with E-state index in [1.165, 1.54) is 27.1 Å². The van der Waals surface area contributed by atoms with Gasteiger partial charge in [0.1, 0.15) is 0 Å². The molecule has 76 valence electrons. The van der Waals surface area contributed by atoms with Crippen LogP contribution in [0.1, 0.15) is 24.6 Å². The summed E-state index contributed by atoms with van der Waals surface area (Å²) in [6, 6.07) is 5.04. The SMILES string of the molecule is CC(=Cc1ccc(Br)s1)CNC1CC1. The Balaban J connectivity index is 1.88. The number of hydrogen-bond donors (Lipinski definition) is 1. The first-order valence-corrected chi connectivity index (χ1v) is 6.51. The van der Waals surface area contributed by atoms with Crippen LogP contribution in [0.25, 0.3) is 6.08 Å². The zero-order chi connectivity index (χ0) is 9.97. The van der Waals surface area contributed by atoms with Gasteiger partial charge in [0.05, 0.1) is 3.79 Å². The molecule has 0 aromatic carbocycles. The second-order valence-corrected chi connectivity index (χ2v) is 6.28. The molecule has 3 heteroatoms. The van der Waals surface area contributed by atoms with Crippen LogP contribution in [0.5, 0.6) is 0 Å². The quantitative estimate of drug-likeness (QED) is 0.882. The van der Waals surface area contributed by atoms with Gasteiger partial charge in [0, 0.05) is 17.5 Å². The lowest BCUT2D eigenvalue weighted by Crippen LogP contribution is -2.18.